The maximum atomic E-state index is 12.6. The normalized spacial score (nSPS) is 15.6. The van der Waals surface area contributed by atoms with Crippen molar-refractivity contribution < 1.29 is 13.2 Å². The molecule has 0 atom stereocenters. The van der Waals surface area contributed by atoms with Gasteiger partial charge in [0, 0.05) is 31.9 Å². The van der Waals surface area contributed by atoms with Crippen molar-refractivity contribution >= 4 is 33.0 Å². The summed E-state index contributed by atoms with van der Waals surface area (Å²) in [5, 5.41) is 3.74. The summed E-state index contributed by atoms with van der Waals surface area (Å²) in [7, 11) is -3.47. The summed E-state index contributed by atoms with van der Waals surface area (Å²) in [6.07, 6.45) is 0. The Labute approximate surface area is 155 Å². The van der Waals surface area contributed by atoms with Crippen LogP contribution in [0.1, 0.15) is 13.8 Å². The first-order valence-corrected chi connectivity index (χ1v) is 10.1. The van der Waals surface area contributed by atoms with Crippen LogP contribution < -0.4 is 5.32 Å². The van der Waals surface area contributed by atoms with Crippen molar-refractivity contribution in [3.8, 4) is 0 Å². The highest BCUT2D eigenvalue weighted by atomic mass is 32.2. The van der Waals surface area contributed by atoms with Gasteiger partial charge in [0.2, 0.25) is 10.0 Å². The number of nitrogens with one attached hydrogen (secondary N) is 1. The number of likely N-dealkylation sites (N-methyl/N-ethyl adjacent to an activating group) is 1. The fraction of sp³-hybridized carbons (Fsp3) is 0.471. The van der Waals surface area contributed by atoms with Crippen molar-refractivity contribution in [2.24, 2.45) is 0 Å². The van der Waals surface area contributed by atoms with Crippen LogP contribution in [-0.2, 0) is 14.8 Å². The predicted octanol–water partition coefficient (Wildman–Crippen LogP) is 2.30. The second kappa shape index (κ2) is 8.75. The molecule has 1 aromatic carbocycles. The Morgan fingerprint density at radius 1 is 1.32 bits per heavy atom. The number of hydrogen-bond acceptors (Lipinski definition) is 4. The molecule has 1 aliphatic heterocycles. The third-order valence-corrected chi connectivity index (χ3v) is 6.12. The minimum atomic E-state index is -3.47. The van der Waals surface area contributed by atoms with Crippen LogP contribution in [-0.4, -0.2) is 62.1 Å². The van der Waals surface area contributed by atoms with Gasteiger partial charge in [-0.25, -0.2) is 8.42 Å². The molecule has 1 fully saturated rings. The van der Waals surface area contributed by atoms with E-state index in [1.165, 1.54) is 4.31 Å². The number of hydrogen-bond donors (Lipinski definition) is 1. The maximum absolute atomic E-state index is 12.6. The Kier molecular flexibility index (Phi) is 6.95. The number of thiocarbonyl (C=S) groups is 1. The molecule has 0 bridgehead atoms. The second-order valence-corrected chi connectivity index (χ2v) is 8.27. The average molecular weight is 384 g/mol. The number of morpholine rings is 1. The Hall–Kier alpha value is -1.48. The van der Waals surface area contributed by atoms with Gasteiger partial charge in [0.1, 0.15) is 0 Å². The number of rotatable bonds is 6. The van der Waals surface area contributed by atoms with Crippen LogP contribution in [0.4, 0.5) is 5.69 Å². The first-order valence-electron chi connectivity index (χ1n) is 8.23. The largest absolute Gasteiger partial charge is 0.379 e. The van der Waals surface area contributed by atoms with Crippen LogP contribution in [0.2, 0.25) is 0 Å². The van der Waals surface area contributed by atoms with Gasteiger partial charge in [-0.15, -0.1) is 0 Å². The third kappa shape index (κ3) is 5.24. The Morgan fingerprint density at radius 3 is 2.44 bits per heavy atom. The van der Waals surface area contributed by atoms with E-state index < -0.39 is 10.0 Å². The van der Waals surface area contributed by atoms with Crippen LogP contribution in [0, 0.1) is 0 Å². The second-order valence-electron chi connectivity index (χ2n) is 5.94. The maximum Gasteiger partial charge on any atom is 0.243 e. The van der Waals surface area contributed by atoms with Gasteiger partial charge in [0.15, 0.2) is 5.11 Å². The molecule has 0 radical (unpaired) electrons. The molecule has 1 aromatic rings. The number of benzene rings is 1. The van der Waals surface area contributed by atoms with E-state index in [-0.39, 0.29) is 4.90 Å². The Balaban J connectivity index is 2.06. The predicted molar refractivity (Wildman–Crippen MR) is 104 cm³/mol. The van der Waals surface area contributed by atoms with Crippen LogP contribution in [0.15, 0.2) is 41.3 Å². The minimum absolute atomic E-state index is 0.278. The van der Waals surface area contributed by atoms with Gasteiger partial charge in [0.05, 0.1) is 18.1 Å². The van der Waals surface area contributed by atoms with E-state index >= 15 is 0 Å². The molecule has 0 aromatic heterocycles. The molecule has 6 nitrogen and oxygen atoms in total. The quantitative estimate of drug-likeness (QED) is 0.601. The van der Waals surface area contributed by atoms with E-state index in [1.807, 2.05) is 18.7 Å². The lowest BCUT2D eigenvalue weighted by Gasteiger charge is -2.26. The molecule has 1 saturated heterocycles. The topological polar surface area (TPSA) is 61.9 Å². The van der Waals surface area contributed by atoms with E-state index in [2.05, 4.69) is 11.9 Å². The highest BCUT2D eigenvalue weighted by molar-refractivity contribution is 7.89. The van der Waals surface area contributed by atoms with Gasteiger partial charge in [-0.3, -0.25) is 0 Å². The summed E-state index contributed by atoms with van der Waals surface area (Å²) in [4.78, 5) is 2.27. The molecule has 8 heteroatoms. The summed E-state index contributed by atoms with van der Waals surface area (Å²) in [5.74, 6) is 0. The smallest absolute Gasteiger partial charge is 0.243 e. The summed E-state index contributed by atoms with van der Waals surface area (Å²) in [6, 6.07) is 6.66. The SMILES string of the molecule is C=C(C)CN(CC)C(=S)Nc1ccc(S(=O)(=O)N2CCOCC2)cc1. The van der Waals surface area contributed by atoms with E-state index in [4.69, 9.17) is 17.0 Å². The van der Waals surface area contributed by atoms with Gasteiger partial charge in [0.25, 0.3) is 0 Å². The fourth-order valence-electron chi connectivity index (χ4n) is 2.50. The molecule has 1 heterocycles. The van der Waals surface area contributed by atoms with Gasteiger partial charge >= 0.3 is 0 Å². The standard InChI is InChI=1S/C17H25N3O3S2/c1-4-19(13-14(2)3)17(24)18-15-5-7-16(8-6-15)25(21,22)20-9-11-23-12-10-20/h5-8H,2,4,9-13H2,1,3H3,(H,18,24). The summed E-state index contributed by atoms with van der Waals surface area (Å²) in [6.45, 7) is 11.0. The summed E-state index contributed by atoms with van der Waals surface area (Å²) >= 11 is 5.42. The molecular formula is C17H25N3O3S2. The zero-order valence-corrected chi connectivity index (χ0v) is 16.3. The van der Waals surface area contributed by atoms with Gasteiger partial charge in [-0.1, -0.05) is 12.2 Å². The summed E-state index contributed by atoms with van der Waals surface area (Å²) in [5.41, 5.74) is 1.78. The highest BCUT2D eigenvalue weighted by Gasteiger charge is 2.26. The molecule has 138 valence electrons. The molecular weight excluding hydrogens is 358 g/mol. The molecule has 0 spiro atoms. The molecule has 2 rings (SSSR count). The molecule has 0 aliphatic carbocycles. The molecule has 25 heavy (non-hydrogen) atoms. The number of anilines is 1. The van der Waals surface area contributed by atoms with Gasteiger partial charge in [-0.05, 0) is 50.3 Å². The lowest BCUT2D eigenvalue weighted by atomic mass is 10.3. The zero-order chi connectivity index (χ0) is 18.4. The number of sulfonamides is 1. The van der Waals surface area contributed by atoms with Crippen LogP contribution >= 0.6 is 12.2 Å². The van der Waals surface area contributed by atoms with Crippen LogP contribution in [0.25, 0.3) is 0 Å². The monoisotopic (exact) mass is 383 g/mol. The van der Waals surface area contributed by atoms with Crippen molar-refractivity contribution in [3.63, 3.8) is 0 Å². The first-order chi connectivity index (χ1) is 11.8. The Morgan fingerprint density at radius 2 is 1.92 bits per heavy atom. The van der Waals surface area contributed by atoms with Crippen molar-refractivity contribution in [3.05, 3.63) is 36.4 Å². The molecule has 1 aliphatic rings. The van der Waals surface area contributed by atoms with Gasteiger partial charge < -0.3 is 15.0 Å². The fourth-order valence-corrected chi connectivity index (χ4v) is 4.22. The van der Waals surface area contributed by atoms with E-state index in [1.54, 1.807) is 24.3 Å². The lowest BCUT2D eigenvalue weighted by molar-refractivity contribution is 0.0730. The lowest BCUT2D eigenvalue weighted by Crippen LogP contribution is -2.40. The third-order valence-electron chi connectivity index (χ3n) is 3.84. The molecule has 0 unspecified atom stereocenters. The van der Waals surface area contributed by atoms with E-state index in [0.29, 0.717) is 38.0 Å². The van der Waals surface area contributed by atoms with Gasteiger partial charge in [-0.2, -0.15) is 4.31 Å². The van der Waals surface area contributed by atoms with Crippen LogP contribution in [0.3, 0.4) is 0 Å². The molecule has 0 saturated carbocycles. The highest BCUT2D eigenvalue weighted by Crippen LogP contribution is 2.19. The van der Waals surface area contributed by atoms with E-state index in [9.17, 15) is 8.42 Å². The van der Waals surface area contributed by atoms with Crippen molar-refractivity contribution in [1.29, 1.82) is 0 Å². The zero-order valence-electron chi connectivity index (χ0n) is 14.7. The van der Waals surface area contributed by atoms with Crippen molar-refractivity contribution in [1.82, 2.24) is 9.21 Å². The van der Waals surface area contributed by atoms with Crippen LogP contribution in [0.5, 0.6) is 0 Å². The minimum Gasteiger partial charge on any atom is -0.379 e. The van der Waals surface area contributed by atoms with Crippen molar-refractivity contribution in [2.45, 2.75) is 18.7 Å². The molecule has 1 N–H and O–H groups in total. The number of ether oxygens (including phenoxy) is 1. The first kappa shape index (κ1) is 19.8. The number of nitrogens with zero attached hydrogens (tertiary/aromatic N) is 2. The molecule has 0 amide bonds. The van der Waals surface area contributed by atoms with E-state index in [0.717, 1.165) is 17.8 Å². The average Bonchev–Trinajstić information content (AvgIpc) is 2.60. The van der Waals surface area contributed by atoms with Crippen molar-refractivity contribution in [2.75, 3.05) is 44.7 Å². The summed E-state index contributed by atoms with van der Waals surface area (Å²) < 4.78 is 31.9. The Bertz CT molecular complexity index is 711.